The Balaban J connectivity index is 2.40. The van der Waals surface area contributed by atoms with Crippen LogP contribution in [-0.2, 0) is 11.3 Å². The monoisotopic (exact) mass is 192 g/mol. The van der Waals surface area contributed by atoms with Gasteiger partial charge in [0, 0.05) is 12.8 Å². The van der Waals surface area contributed by atoms with Crippen LogP contribution < -0.4 is 5.73 Å². The van der Waals surface area contributed by atoms with Crippen LogP contribution in [0.3, 0.4) is 0 Å². The summed E-state index contributed by atoms with van der Waals surface area (Å²) in [4.78, 5) is 0. The molecule has 0 bridgehead atoms. The van der Waals surface area contributed by atoms with Crippen LogP contribution in [0.2, 0.25) is 0 Å². The summed E-state index contributed by atoms with van der Waals surface area (Å²) in [6, 6.07) is 5.55. The molecule has 2 aromatic rings. The molecule has 1 aromatic carbocycles. The Hall–Kier alpha value is -1.62. The molecular formula is C9H12N4O. The lowest BCUT2D eigenvalue weighted by Gasteiger charge is -2.00. The second kappa shape index (κ2) is 3.63. The van der Waals surface area contributed by atoms with E-state index in [0.29, 0.717) is 13.2 Å². The smallest absolute Gasteiger partial charge is 0.113 e. The molecule has 5 heteroatoms. The molecule has 1 heterocycles. The van der Waals surface area contributed by atoms with Gasteiger partial charge in [-0.25, -0.2) is 4.68 Å². The second-order valence-electron chi connectivity index (χ2n) is 3.05. The van der Waals surface area contributed by atoms with Crippen molar-refractivity contribution in [2.24, 2.45) is 0 Å². The van der Waals surface area contributed by atoms with Crippen LogP contribution in [0.4, 0.5) is 5.69 Å². The minimum atomic E-state index is 0.618. The Bertz CT molecular complexity index is 437. The maximum atomic E-state index is 5.68. The second-order valence-corrected chi connectivity index (χ2v) is 3.05. The highest BCUT2D eigenvalue weighted by Gasteiger charge is 2.03. The Morgan fingerprint density at radius 2 is 2.36 bits per heavy atom. The maximum Gasteiger partial charge on any atom is 0.113 e. The third kappa shape index (κ3) is 1.54. The van der Waals surface area contributed by atoms with Crippen molar-refractivity contribution < 1.29 is 4.74 Å². The zero-order chi connectivity index (χ0) is 9.97. The molecule has 2 N–H and O–H groups in total. The van der Waals surface area contributed by atoms with E-state index in [9.17, 15) is 0 Å². The van der Waals surface area contributed by atoms with Gasteiger partial charge in [-0.15, -0.1) is 5.10 Å². The van der Waals surface area contributed by atoms with Crippen LogP contribution in [-0.4, -0.2) is 28.7 Å². The number of anilines is 1. The predicted octanol–water partition coefficient (Wildman–Crippen LogP) is 0.660. The number of aromatic nitrogens is 3. The van der Waals surface area contributed by atoms with Crippen LogP contribution in [0.25, 0.3) is 11.0 Å². The predicted molar refractivity (Wildman–Crippen MR) is 53.8 cm³/mol. The van der Waals surface area contributed by atoms with E-state index in [4.69, 9.17) is 10.5 Å². The average molecular weight is 192 g/mol. The lowest BCUT2D eigenvalue weighted by atomic mass is 10.3. The average Bonchev–Trinajstić information content (AvgIpc) is 2.57. The number of rotatable bonds is 3. The topological polar surface area (TPSA) is 66.0 Å². The first-order valence-electron chi connectivity index (χ1n) is 4.39. The number of benzene rings is 1. The summed E-state index contributed by atoms with van der Waals surface area (Å²) in [6.45, 7) is 1.31. The Labute approximate surface area is 81.5 Å². The number of fused-ring (bicyclic) bond motifs is 1. The van der Waals surface area contributed by atoms with Crippen molar-refractivity contribution in [3.63, 3.8) is 0 Å². The largest absolute Gasteiger partial charge is 0.399 e. The lowest BCUT2D eigenvalue weighted by molar-refractivity contribution is 0.184. The molecule has 74 valence electrons. The first-order valence-corrected chi connectivity index (χ1v) is 4.39. The normalized spacial score (nSPS) is 10.9. The third-order valence-corrected chi connectivity index (χ3v) is 2.05. The van der Waals surface area contributed by atoms with Crippen molar-refractivity contribution >= 4 is 16.7 Å². The van der Waals surface area contributed by atoms with Gasteiger partial charge < -0.3 is 10.5 Å². The van der Waals surface area contributed by atoms with Crippen molar-refractivity contribution in [1.29, 1.82) is 0 Å². The lowest BCUT2D eigenvalue weighted by Crippen LogP contribution is -2.05. The first-order chi connectivity index (χ1) is 6.81. The molecule has 0 amide bonds. The van der Waals surface area contributed by atoms with Crippen molar-refractivity contribution in [2.45, 2.75) is 6.54 Å². The molecule has 0 aliphatic heterocycles. The van der Waals surface area contributed by atoms with E-state index in [2.05, 4.69) is 10.3 Å². The van der Waals surface area contributed by atoms with Crippen LogP contribution in [0.15, 0.2) is 18.2 Å². The van der Waals surface area contributed by atoms with E-state index in [-0.39, 0.29) is 0 Å². The molecule has 0 saturated heterocycles. The quantitative estimate of drug-likeness (QED) is 0.725. The van der Waals surface area contributed by atoms with Crippen molar-refractivity contribution in [1.82, 2.24) is 15.0 Å². The summed E-state index contributed by atoms with van der Waals surface area (Å²) in [5.41, 5.74) is 8.20. The van der Waals surface area contributed by atoms with Gasteiger partial charge in [-0.2, -0.15) is 0 Å². The summed E-state index contributed by atoms with van der Waals surface area (Å²) in [6.07, 6.45) is 0. The van der Waals surface area contributed by atoms with E-state index < -0.39 is 0 Å². The Morgan fingerprint density at radius 3 is 3.14 bits per heavy atom. The van der Waals surface area contributed by atoms with Gasteiger partial charge >= 0.3 is 0 Å². The number of hydrogen-bond acceptors (Lipinski definition) is 4. The van der Waals surface area contributed by atoms with E-state index in [1.54, 1.807) is 11.8 Å². The molecule has 5 nitrogen and oxygen atoms in total. The van der Waals surface area contributed by atoms with Crippen LogP contribution in [0, 0.1) is 0 Å². The highest BCUT2D eigenvalue weighted by atomic mass is 16.5. The molecule has 0 saturated carbocycles. The molecule has 0 aliphatic rings. The van der Waals surface area contributed by atoms with Gasteiger partial charge in [0.05, 0.1) is 18.7 Å². The van der Waals surface area contributed by atoms with Gasteiger partial charge in [0.2, 0.25) is 0 Å². The first kappa shape index (κ1) is 8.96. The molecule has 0 atom stereocenters. The SMILES string of the molecule is COCCn1nnc2ccc(N)cc21. The summed E-state index contributed by atoms with van der Waals surface area (Å²) < 4.78 is 6.76. The molecule has 2 rings (SSSR count). The highest BCUT2D eigenvalue weighted by Crippen LogP contribution is 2.14. The Morgan fingerprint density at radius 1 is 1.50 bits per heavy atom. The van der Waals surface area contributed by atoms with Crippen molar-refractivity contribution in [3.8, 4) is 0 Å². The molecule has 0 spiro atoms. The summed E-state index contributed by atoms with van der Waals surface area (Å²) in [5.74, 6) is 0. The third-order valence-electron chi connectivity index (χ3n) is 2.05. The van der Waals surface area contributed by atoms with Crippen LogP contribution in [0.1, 0.15) is 0 Å². The van der Waals surface area contributed by atoms with Gasteiger partial charge in [-0.1, -0.05) is 5.21 Å². The number of methoxy groups -OCH3 is 1. The highest BCUT2D eigenvalue weighted by molar-refractivity contribution is 5.77. The number of nitrogens with two attached hydrogens (primary N) is 1. The van der Waals surface area contributed by atoms with E-state index in [1.807, 2.05) is 18.2 Å². The minimum Gasteiger partial charge on any atom is -0.399 e. The number of nitrogen functional groups attached to an aromatic ring is 1. The van der Waals surface area contributed by atoms with E-state index >= 15 is 0 Å². The summed E-state index contributed by atoms with van der Waals surface area (Å²) >= 11 is 0. The zero-order valence-corrected chi connectivity index (χ0v) is 7.97. The fourth-order valence-electron chi connectivity index (χ4n) is 1.33. The molecule has 1 aromatic heterocycles. The van der Waals surface area contributed by atoms with Crippen molar-refractivity contribution in [3.05, 3.63) is 18.2 Å². The van der Waals surface area contributed by atoms with Gasteiger partial charge in [0.1, 0.15) is 5.52 Å². The van der Waals surface area contributed by atoms with Gasteiger partial charge in [0.15, 0.2) is 0 Å². The van der Waals surface area contributed by atoms with E-state index in [1.165, 1.54) is 0 Å². The minimum absolute atomic E-state index is 0.618. The number of hydrogen-bond donors (Lipinski definition) is 1. The molecule has 0 aliphatic carbocycles. The molecule has 0 unspecified atom stereocenters. The number of ether oxygens (including phenoxy) is 1. The standard InChI is InChI=1S/C9H12N4O/c1-14-5-4-13-9-6-7(10)2-3-8(9)11-12-13/h2-3,6H,4-5,10H2,1H3. The van der Waals surface area contributed by atoms with Gasteiger partial charge in [-0.05, 0) is 18.2 Å². The maximum absolute atomic E-state index is 5.68. The van der Waals surface area contributed by atoms with Crippen LogP contribution in [0.5, 0.6) is 0 Å². The summed E-state index contributed by atoms with van der Waals surface area (Å²) in [5, 5.41) is 8.02. The molecular weight excluding hydrogens is 180 g/mol. The fourth-order valence-corrected chi connectivity index (χ4v) is 1.33. The zero-order valence-electron chi connectivity index (χ0n) is 7.97. The number of nitrogens with zero attached hydrogens (tertiary/aromatic N) is 3. The van der Waals surface area contributed by atoms with Gasteiger partial charge in [-0.3, -0.25) is 0 Å². The van der Waals surface area contributed by atoms with E-state index in [0.717, 1.165) is 16.7 Å². The summed E-state index contributed by atoms with van der Waals surface area (Å²) in [7, 11) is 1.66. The molecule has 0 fully saturated rings. The van der Waals surface area contributed by atoms with Gasteiger partial charge in [0.25, 0.3) is 0 Å². The molecule has 14 heavy (non-hydrogen) atoms. The van der Waals surface area contributed by atoms with Crippen molar-refractivity contribution in [2.75, 3.05) is 19.5 Å². The molecule has 0 radical (unpaired) electrons. The van der Waals surface area contributed by atoms with Crippen LogP contribution >= 0.6 is 0 Å². The fraction of sp³-hybridized carbons (Fsp3) is 0.333. The Kier molecular flexibility index (Phi) is 2.32.